The highest BCUT2D eigenvalue weighted by Crippen LogP contribution is 2.61. The van der Waals surface area contributed by atoms with Gasteiger partial charge in [0.2, 0.25) is 5.91 Å². The van der Waals surface area contributed by atoms with E-state index < -0.39 is 29.0 Å². The monoisotopic (exact) mass is 451 g/mol. The highest BCUT2D eigenvalue weighted by Gasteiger charge is 2.34. The second-order valence-corrected chi connectivity index (χ2v) is 14.0. The predicted molar refractivity (Wildman–Crippen MR) is 128 cm³/mol. The van der Waals surface area contributed by atoms with Crippen LogP contribution in [0.1, 0.15) is 91.9 Å². The molecule has 0 fully saturated rings. The smallest absolute Gasteiger partial charge is 0.244 e. The van der Waals surface area contributed by atoms with Gasteiger partial charge in [-0.1, -0.05) is 60.0 Å². The lowest BCUT2D eigenvalue weighted by atomic mass is 10.2. The fourth-order valence-electron chi connectivity index (χ4n) is 3.23. The summed E-state index contributed by atoms with van der Waals surface area (Å²) in [7, 11) is -4.75. The molecule has 0 aliphatic heterocycles. The summed E-state index contributed by atoms with van der Waals surface area (Å²) in [5, 5.41) is 0. The summed E-state index contributed by atoms with van der Waals surface area (Å²) in [6.45, 7) is 12.7. The van der Waals surface area contributed by atoms with Gasteiger partial charge in [-0.15, -0.1) is 0 Å². The normalized spacial score (nSPS) is 11.6. The molecule has 0 aliphatic carbocycles. The van der Waals surface area contributed by atoms with Crippen LogP contribution in [0.4, 0.5) is 0 Å². The summed E-state index contributed by atoms with van der Waals surface area (Å²) >= 11 is 0. The molecule has 0 aromatic heterocycles. The van der Waals surface area contributed by atoms with Crippen LogP contribution in [0.3, 0.4) is 0 Å². The largest absolute Gasteiger partial charge is 0.748 e. The van der Waals surface area contributed by atoms with E-state index in [1.54, 1.807) is 24.6 Å². The first-order chi connectivity index (χ1) is 13.6. The molecule has 0 radical (unpaired) electrons. The van der Waals surface area contributed by atoms with Crippen molar-refractivity contribution in [3.63, 3.8) is 0 Å². The third-order valence-electron chi connectivity index (χ3n) is 5.17. The van der Waals surface area contributed by atoms with Crippen molar-refractivity contribution in [2.24, 2.45) is 5.73 Å². The van der Waals surface area contributed by atoms with Crippen molar-refractivity contribution >= 4 is 23.3 Å². The molecule has 5 nitrogen and oxygen atoms in total. The third kappa shape index (κ3) is 19.3. The summed E-state index contributed by atoms with van der Waals surface area (Å²) in [5.41, 5.74) is 4.96. The van der Waals surface area contributed by atoms with Crippen LogP contribution >= 0.6 is 7.26 Å². The molecule has 0 unspecified atom stereocenters. The minimum Gasteiger partial charge on any atom is -0.748 e. The minimum absolute atomic E-state index is 0.0909. The van der Waals surface area contributed by atoms with Crippen LogP contribution < -0.4 is 5.73 Å². The van der Waals surface area contributed by atoms with Crippen LogP contribution in [0.25, 0.3) is 0 Å². The molecule has 0 atom stereocenters. The SMILES string of the molecule is C=C(CCCS(=O)(=O)[O-])C(N)=O.CCCC[P+](CCCC)(CCCC)CCCC. The number of carbonyl (C=O) groups is 1. The van der Waals surface area contributed by atoms with Gasteiger partial charge in [-0.05, 0) is 38.5 Å². The van der Waals surface area contributed by atoms with E-state index in [2.05, 4.69) is 34.3 Å². The Bertz CT molecular complexity index is 497. The molecule has 0 aliphatic rings. The van der Waals surface area contributed by atoms with Crippen LogP contribution in [0, 0.1) is 0 Å². The predicted octanol–water partition coefficient (Wildman–Crippen LogP) is 5.56. The van der Waals surface area contributed by atoms with Gasteiger partial charge in [0.25, 0.3) is 0 Å². The van der Waals surface area contributed by atoms with Crippen molar-refractivity contribution in [3.8, 4) is 0 Å². The summed E-state index contributed by atoms with van der Waals surface area (Å²) in [4.78, 5) is 10.3. The first-order valence-electron chi connectivity index (χ1n) is 11.3. The van der Waals surface area contributed by atoms with E-state index in [1.807, 2.05) is 0 Å². The van der Waals surface area contributed by atoms with Gasteiger partial charge in [-0.3, -0.25) is 4.79 Å². The average Bonchev–Trinajstić information content (AvgIpc) is 2.66. The van der Waals surface area contributed by atoms with Gasteiger partial charge in [0.05, 0.1) is 34.8 Å². The van der Waals surface area contributed by atoms with Gasteiger partial charge in [-0.25, -0.2) is 8.42 Å². The van der Waals surface area contributed by atoms with E-state index in [9.17, 15) is 17.8 Å². The fraction of sp³-hybridized carbons (Fsp3) is 0.864. The second-order valence-electron chi connectivity index (χ2n) is 7.98. The van der Waals surface area contributed by atoms with E-state index in [-0.39, 0.29) is 18.4 Å². The Hall–Kier alpha value is -0.450. The zero-order chi connectivity index (χ0) is 22.8. The first-order valence-corrected chi connectivity index (χ1v) is 15.4. The van der Waals surface area contributed by atoms with Crippen LogP contribution in [0.2, 0.25) is 0 Å². The molecule has 174 valence electrons. The number of primary amides is 1. The van der Waals surface area contributed by atoms with Gasteiger partial charge in [-0.2, -0.15) is 0 Å². The maximum atomic E-state index is 10.3. The van der Waals surface area contributed by atoms with Gasteiger partial charge in [0, 0.05) is 18.6 Å². The molecular formula is C22H46NO4PS. The second kappa shape index (κ2) is 18.3. The van der Waals surface area contributed by atoms with Gasteiger partial charge in [0.15, 0.2) is 0 Å². The molecule has 29 heavy (non-hydrogen) atoms. The number of hydrogen-bond acceptors (Lipinski definition) is 4. The molecule has 0 saturated heterocycles. The Kier molecular flexibility index (Phi) is 19.4. The molecule has 0 rings (SSSR count). The van der Waals surface area contributed by atoms with Crippen molar-refractivity contribution in [1.82, 2.24) is 0 Å². The number of carbonyl (C=O) groups excluding carboxylic acids is 1. The molecule has 0 saturated carbocycles. The summed E-state index contributed by atoms with van der Waals surface area (Å²) in [5.74, 6) is -1.16. The van der Waals surface area contributed by atoms with Crippen LogP contribution in [0.5, 0.6) is 0 Å². The lowest BCUT2D eigenvalue weighted by molar-refractivity contribution is -0.114. The molecule has 0 heterocycles. The maximum absolute atomic E-state index is 10.3. The van der Waals surface area contributed by atoms with E-state index in [0.29, 0.717) is 0 Å². The molecule has 0 bridgehead atoms. The number of unbranched alkanes of at least 4 members (excludes halogenated alkanes) is 4. The first kappa shape index (κ1) is 30.7. The van der Waals surface area contributed by atoms with Crippen LogP contribution in [-0.4, -0.2) is 49.3 Å². The lowest BCUT2D eigenvalue weighted by Crippen LogP contribution is -2.14. The standard InChI is InChI=1S/C16H36P.C6H11NO4S/c1-5-9-13-17(14-10-6-2,15-11-7-3)16-12-8-4;1-5(6(7)8)3-2-4-12(9,10)11/h5-16H2,1-4H3;1-4H2,(H2,7,8)(H,9,10,11)/q+1;/p-1. The number of rotatable bonds is 17. The van der Waals surface area contributed by atoms with E-state index in [1.165, 1.54) is 51.4 Å². The average molecular weight is 452 g/mol. The number of nitrogens with two attached hydrogens (primary N) is 1. The zero-order valence-electron chi connectivity index (χ0n) is 19.4. The van der Waals surface area contributed by atoms with Crippen LogP contribution in [-0.2, 0) is 14.9 Å². The van der Waals surface area contributed by atoms with Crippen LogP contribution in [0.15, 0.2) is 12.2 Å². The molecule has 0 spiro atoms. The maximum Gasteiger partial charge on any atom is 0.244 e. The van der Waals surface area contributed by atoms with Gasteiger partial charge >= 0.3 is 0 Å². The summed E-state index contributed by atoms with van der Waals surface area (Å²) < 4.78 is 30.2. The Morgan fingerprint density at radius 1 is 0.828 bits per heavy atom. The summed E-state index contributed by atoms with van der Waals surface area (Å²) in [6.07, 6.45) is 18.2. The van der Waals surface area contributed by atoms with E-state index >= 15 is 0 Å². The Morgan fingerprint density at radius 3 is 1.41 bits per heavy atom. The van der Waals surface area contributed by atoms with E-state index in [0.717, 1.165) is 0 Å². The molecule has 0 aromatic carbocycles. The highest BCUT2D eigenvalue weighted by molar-refractivity contribution is 7.85. The molecular weight excluding hydrogens is 405 g/mol. The lowest BCUT2D eigenvalue weighted by Gasteiger charge is -2.28. The molecule has 7 heteroatoms. The number of hydrogen-bond donors (Lipinski definition) is 1. The minimum atomic E-state index is -4.19. The van der Waals surface area contributed by atoms with Crippen molar-refractivity contribution in [1.29, 1.82) is 0 Å². The number of amides is 1. The Labute approximate surface area is 181 Å². The topological polar surface area (TPSA) is 100 Å². The fourth-order valence-corrected chi connectivity index (χ4v) is 9.02. The third-order valence-corrected chi connectivity index (χ3v) is 11.0. The Balaban J connectivity index is 0. The molecule has 1 amide bonds. The Morgan fingerprint density at radius 2 is 1.17 bits per heavy atom. The summed E-state index contributed by atoms with van der Waals surface area (Å²) in [6, 6.07) is 0. The van der Waals surface area contributed by atoms with Crippen molar-refractivity contribution in [3.05, 3.63) is 12.2 Å². The highest BCUT2D eigenvalue weighted by atomic mass is 32.2. The van der Waals surface area contributed by atoms with Crippen molar-refractivity contribution < 1.29 is 17.8 Å². The molecule has 2 N–H and O–H groups in total. The van der Waals surface area contributed by atoms with Crippen molar-refractivity contribution in [2.45, 2.75) is 91.9 Å². The van der Waals surface area contributed by atoms with E-state index in [4.69, 9.17) is 5.73 Å². The van der Waals surface area contributed by atoms with Crippen molar-refractivity contribution in [2.75, 3.05) is 30.4 Å². The van der Waals surface area contributed by atoms with Gasteiger partial charge < -0.3 is 10.3 Å². The quantitative estimate of drug-likeness (QED) is 0.178. The zero-order valence-corrected chi connectivity index (χ0v) is 21.1. The molecule has 0 aromatic rings. The van der Waals surface area contributed by atoms with Gasteiger partial charge in [0.1, 0.15) is 0 Å².